The number of carbonyl (C=O) groups is 1. The van der Waals surface area contributed by atoms with Crippen LogP contribution in [-0.2, 0) is 4.79 Å². The van der Waals surface area contributed by atoms with Crippen molar-refractivity contribution in [2.24, 2.45) is 0 Å². The first-order valence-electron chi connectivity index (χ1n) is 6.26. The van der Waals surface area contributed by atoms with Crippen LogP contribution in [0.4, 0.5) is 0 Å². The van der Waals surface area contributed by atoms with Gasteiger partial charge >= 0.3 is 0 Å². The molecule has 0 bridgehead atoms. The molecule has 1 atom stereocenters. The van der Waals surface area contributed by atoms with Crippen LogP contribution in [-0.4, -0.2) is 58.1 Å². The van der Waals surface area contributed by atoms with Gasteiger partial charge in [-0.2, -0.15) is 0 Å². The molecule has 1 fully saturated rings. The van der Waals surface area contributed by atoms with Crippen LogP contribution in [0.5, 0.6) is 0 Å². The van der Waals surface area contributed by atoms with Crippen LogP contribution >= 0.6 is 0 Å². The van der Waals surface area contributed by atoms with Crippen molar-refractivity contribution < 1.29 is 9.90 Å². The average molecular weight is 242 g/mol. The number of nitrogens with zero attached hydrogens (tertiary/aromatic N) is 2. The third kappa shape index (κ3) is 2.80. The number of aliphatic hydroxyl groups is 1. The number of rotatable bonds is 1. The third-order valence-electron chi connectivity index (χ3n) is 3.56. The Balaban J connectivity index is 3.16. The molecule has 1 N–H and O–H groups in total. The summed E-state index contributed by atoms with van der Waals surface area (Å²) in [5.74, 6) is 0.0324. The van der Waals surface area contributed by atoms with E-state index in [9.17, 15) is 9.90 Å². The molecule has 0 saturated carbocycles. The minimum atomic E-state index is -0.406. The molecular weight excluding hydrogens is 216 g/mol. The highest BCUT2D eigenvalue weighted by Gasteiger charge is 2.44. The third-order valence-corrected chi connectivity index (χ3v) is 3.56. The first-order chi connectivity index (χ1) is 7.61. The molecule has 1 rings (SSSR count). The molecule has 0 aliphatic carbocycles. The van der Waals surface area contributed by atoms with Crippen molar-refractivity contribution in [3.8, 4) is 0 Å². The molecule has 4 nitrogen and oxygen atoms in total. The van der Waals surface area contributed by atoms with Crippen molar-refractivity contribution >= 4 is 5.91 Å². The molecule has 1 aliphatic heterocycles. The average Bonchev–Trinajstić information content (AvgIpc) is 2.20. The second kappa shape index (κ2) is 4.58. The van der Waals surface area contributed by atoms with E-state index in [1.54, 1.807) is 0 Å². The summed E-state index contributed by atoms with van der Waals surface area (Å²) in [5, 5.41) is 9.42. The van der Waals surface area contributed by atoms with Crippen LogP contribution < -0.4 is 0 Å². The highest BCUT2D eigenvalue weighted by atomic mass is 16.3. The summed E-state index contributed by atoms with van der Waals surface area (Å²) >= 11 is 0. The fourth-order valence-corrected chi connectivity index (χ4v) is 2.81. The van der Waals surface area contributed by atoms with Crippen molar-refractivity contribution in [2.75, 3.05) is 20.2 Å². The lowest BCUT2D eigenvalue weighted by Gasteiger charge is -2.47. The smallest absolute Gasteiger partial charge is 0.243 e. The summed E-state index contributed by atoms with van der Waals surface area (Å²) in [6, 6.07) is -0.406. The number of aliphatic hydroxyl groups excluding tert-OH is 1. The molecule has 1 amide bonds. The van der Waals surface area contributed by atoms with Crippen LogP contribution in [0, 0.1) is 0 Å². The van der Waals surface area contributed by atoms with Gasteiger partial charge in [0, 0.05) is 17.6 Å². The molecule has 1 unspecified atom stereocenters. The quantitative estimate of drug-likeness (QED) is 0.748. The standard InChI is InChI=1S/C13H26N2O2/c1-12(2,3)15-11(17)10(9-16)14(6)8-7-13(15,4)5/h10,16H,7-9H2,1-6H3. The summed E-state index contributed by atoms with van der Waals surface area (Å²) in [4.78, 5) is 16.5. The molecular formula is C13H26N2O2. The lowest BCUT2D eigenvalue weighted by atomic mass is 9.91. The Morgan fingerprint density at radius 1 is 1.41 bits per heavy atom. The van der Waals surface area contributed by atoms with Gasteiger partial charge in [-0.1, -0.05) is 0 Å². The van der Waals surface area contributed by atoms with Gasteiger partial charge in [0.05, 0.1) is 6.61 Å². The van der Waals surface area contributed by atoms with Crippen LogP contribution in [0.2, 0.25) is 0 Å². The van der Waals surface area contributed by atoms with Crippen molar-refractivity contribution in [3.63, 3.8) is 0 Å². The van der Waals surface area contributed by atoms with Gasteiger partial charge in [0.25, 0.3) is 0 Å². The Morgan fingerprint density at radius 2 is 1.94 bits per heavy atom. The van der Waals surface area contributed by atoms with E-state index in [1.807, 2.05) is 37.6 Å². The maximum atomic E-state index is 12.6. The molecule has 4 heteroatoms. The summed E-state index contributed by atoms with van der Waals surface area (Å²) in [5.41, 5.74) is -0.396. The summed E-state index contributed by atoms with van der Waals surface area (Å²) in [7, 11) is 1.90. The van der Waals surface area contributed by atoms with E-state index in [4.69, 9.17) is 0 Å². The SMILES string of the molecule is CN1CCC(C)(C)N(C(C)(C)C)C(=O)C1CO. The zero-order valence-electron chi connectivity index (χ0n) is 11.9. The van der Waals surface area contributed by atoms with Crippen molar-refractivity contribution in [3.05, 3.63) is 0 Å². The van der Waals surface area contributed by atoms with E-state index < -0.39 is 6.04 Å². The fraction of sp³-hybridized carbons (Fsp3) is 0.923. The Bertz CT molecular complexity index is 294. The zero-order chi connectivity index (χ0) is 13.4. The van der Waals surface area contributed by atoms with E-state index in [1.165, 1.54) is 0 Å². The normalized spacial score (nSPS) is 27.1. The summed E-state index contributed by atoms with van der Waals surface area (Å²) in [6.07, 6.45) is 0.920. The minimum Gasteiger partial charge on any atom is -0.394 e. The predicted octanol–water partition coefficient (Wildman–Crippen LogP) is 1.09. The molecule has 1 saturated heterocycles. The molecule has 17 heavy (non-hydrogen) atoms. The maximum absolute atomic E-state index is 12.6. The second-order valence-electron chi connectivity index (χ2n) is 6.59. The number of hydrogen-bond donors (Lipinski definition) is 1. The molecule has 1 heterocycles. The van der Waals surface area contributed by atoms with E-state index in [0.717, 1.165) is 13.0 Å². The predicted molar refractivity (Wildman–Crippen MR) is 68.8 cm³/mol. The van der Waals surface area contributed by atoms with E-state index in [-0.39, 0.29) is 23.6 Å². The monoisotopic (exact) mass is 242 g/mol. The van der Waals surface area contributed by atoms with Crippen molar-refractivity contribution in [1.82, 2.24) is 9.80 Å². The fourth-order valence-electron chi connectivity index (χ4n) is 2.81. The topological polar surface area (TPSA) is 43.8 Å². The molecule has 0 spiro atoms. The molecule has 100 valence electrons. The van der Waals surface area contributed by atoms with Gasteiger partial charge in [0.15, 0.2) is 0 Å². The zero-order valence-corrected chi connectivity index (χ0v) is 11.9. The Labute approximate surface area is 105 Å². The number of amides is 1. The van der Waals surface area contributed by atoms with Gasteiger partial charge in [-0.05, 0) is 48.1 Å². The highest BCUT2D eigenvalue weighted by molar-refractivity contribution is 5.83. The van der Waals surface area contributed by atoms with Crippen molar-refractivity contribution in [2.45, 2.75) is 58.2 Å². The Hall–Kier alpha value is -0.610. The Morgan fingerprint density at radius 3 is 2.35 bits per heavy atom. The lowest BCUT2D eigenvalue weighted by molar-refractivity contribution is -0.147. The van der Waals surface area contributed by atoms with Crippen LogP contribution in [0.3, 0.4) is 0 Å². The van der Waals surface area contributed by atoms with Gasteiger partial charge in [-0.25, -0.2) is 0 Å². The number of likely N-dealkylation sites (N-methyl/N-ethyl adjacent to an activating group) is 1. The van der Waals surface area contributed by atoms with Gasteiger partial charge in [-0.15, -0.1) is 0 Å². The highest BCUT2D eigenvalue weighted by Crippen LogP contribution is 2.31. The van der Waals surface area contributed by atoms with Crippen LogP contribution in [0.25, 0.3) is 0 Å². The first kappa shape index (κ1) is 14.5. The summed E-state index contributed by atoms with van der Waals surface area (Å²) in [6.45, 7) is 11.1. The first-order valence-corrected chi connectivity index (χ1v) is 6.26. The van der Waals surface area contributed by atoms with E-state index in [2.05, 4.69) is 13.8 Å². The van der Waals surface area contributed by atoms with Crippen molar-refractivity contribution in [1.29, 1.82) is 0 Å². The number of carbonyl (C=O) groups excluding carboxylic acids is 1. The van der Waals surface area contributed by atoms with Gasteiger partial charge < -0.3 is 10.0 Å². The summed E-state index contributed by atoms with van der Waals surface area (Å²) < 4.78 is 0. The maximum Gasteiger partial charge on any atom is 0.243 e. The molecule has 1 aliphatic rings. The van der Waals surface area contributed by atoms with Gasteiger partial charge in [-0.3, -0.25) is 9.69 Å². The number of hydrogen-bond acceptors (Lipinski definition) is 3. The molecule has 0 radical (unpaired) electrons. The Kier molecular flexibility index (Phi) is 3.89. The molecule has 0 aromatic carbocycles. The van der Waals surface area contributed by atoms with Crippen LogP contribution in [0.15, 0.2) is 0 Å². The molecule has 0 aromatic heterocycles. The van der Waals surface area contributed by atoms with Crippen LogP contribution in [0.1, 0.15) is 41.0 Å². The largest absolute Gasteiger partial charge is 0.394 e. The lowest BCUT2D eigenvalue weighted by Crippen LogP contribution is -2.59. The van der Waals surface area contributed by atoms with E-state index >= 15 is 0 Å². The molecule has 0 aromatic rings. The van der Waals surface area contributed by atoms with Gasteiger partial charge in [0.1, 0.15) is 6.04 Å². The van der Waals surface area contributed by atoms with E-state index in [0.29, 0.717) is 0 Å². The second-order valence-corrected chi connectivity index (χ2v) is 6.59. The van der Waals surface area contributed by atoms with Gasteiger partial charge in [0.2, 0.25) is 5.91 Å². The minimum absolute atomic E-state index is 0.0324.